The number of halogens is 8. The van der Waals surface area contributed by atoms with Gasteiger partial charge in [0.25, 0.3) is 0 Å². The fourth-order valence-corrected chi connectivity index (χ4v) is 1.14. The van der Waals surface area contributed by atoms with Gasteiger partial charge in [-0.3, -0.25) is 0 Å². The van der Waals surface area contributed by atoms with Crippen LogP contribution in [0.15, 0.2) is 0 Å². The summed E-state index contributed by atoms with van der Waals surface area (Å²) in [6.45, 7) is 1.65. The molecular formula is C9H12F8. The van der Waals surface area contributed by atoms with Gasteiger partial charge < -0.3 is 0 Å². The Morgan fingerprint density at radius 2 is 1.35 bits per heavy atom. The largest absolute Gasteiger partial charge is 0.459 e. The van der Waals surface area contributed by atoms with Gasteiger partial charge in [0.2, 0.25) is 0 Å². The minimum Gasteiger partial charge on any atom is -0.241 e. The summed E-state index contributed by atoms with van der Waals surface area (Å²) in [7, 11) is 0. The molecule has 0 rings (SSSR count). The van der Waals surface area contributed by atoms with Gasteiger partial charge in [0, 0.05) is 0 Å². The first-order chi connectivity index (χ1) is 7.48. The summed E-state index contributed by atoms with van der Waals surface area (Å²) >= 11 is 0. The van der Waals surface area contributed by atoms with Crippen LogP contribution in [-0.2, 0) is 0 Å². The minimum atomic E-state index is -6.47. The third kappa shape index (κ3) is 3.45. The minimum absolute atomic E-state index is 0.165. The molecule has 0 saturated carbocycles. The SMILES string of the molecule is CCCCCC(F)C(F)(F)C(F)(F)C(F)(F)F. The molecule has 0 aromatic rings. The molecule has 0 aliphatic heterocycles. The molecule has 1 unspecified atom stereocenters. The van der Waals surface area contributed by atoms with Crippen molar-refractivity contribution < 1.29 is 35.1 Å². The van der Waals surface area contributed by atoms with E-state index < -0.39 is 30.6 Å². The van der Waals surface area contributed by atoms with Crippen molar-refractivity contribution in [2.75, 3.05) is 0 Å². The van der Waals surface area contributed by atoms with E-state index in [1.165, 1.54) is 0 Å². The smallest absolute Gasteiger partial charge is 0.241 e. The standard InChI is InChI=1S/C9H12F8/c1-2-3-4-5-6(10)7(11,12)8(13,14)9(15,16)17/h6H,2-5H2,1H3. The summed E-state index contributed by atoms with van der Waals surface area (Å²) < 4.78 is 97.9. The Hall–Kier alpha value is -0.560. The number of hydrogen-bond donors (Lipinski definition) is 0. The van der Waals surface area contributed by atoms with Gasteiger partial charge in [0.05, 0.1) is 0 Å². The molecule has 0 fully saturated rings. The molecule has 0 radical (unpaired) electrons. The second-order valence-electron chi connectivity index (χ2n) is 3.66. The first-order valence-electron chi connectivity index (χ1n) is 4.95. The van der Waals surface area contributed by atoms with Crippen LogP contribution in [0.5, 0.6) is 0 Å². The van der Waals surface area contributed by atoms with Crippen LogP contribution in [0.1, 0.15) is 32.6 Å². The molecule has 8 heteroatoms. The molecule has 0 aromatic carbocycles. The van der Waals surface area contributed by atoms with Gasteiger partial charge in [-0.05, 0) is 6.42 Å². The zero-order chi connectivity index (χ0) is 13.9. The van der Waals surface area contributed by atoms with E-state index in [9.17, 15) is 35.1 Å². The van der Waals surface area contributed by atoms with E-state index in [0.29, 0.717) is 6.42 Å². The highest BCUT2D eigenvalue weighted by atomic mass is 19.4. The van der Waals surface area contributed by atoms with Gasteiger partial charge >= 0.3 is 18.0 Å². The van der Waals surface area contributed by atoms with Gasteiger partial charge in [-0.2, -0.15) is 30.7 Å². The van der Waals surface area contributed by atoms with Crippen molar-refractivity contribution in [3.8, 4) is 0 Å². The van der Waals surface area contributed by atoms with E-state index in [1.807, 2.05) is 0 Å². The molecule has 0 nitrogen and oxygen atoms in total. The Morgan fingerprint density at radius 1 is 0.882 bits per heavy atom. The maximum Gasteiger partial charge on any atom is 0.459 e. The van der Waals surface area contributed by atoms with E-state index in [0.717, 1.165) is 0 Å². The predicted octanol–water partition coefficient (Wildman–Crippen LogP) is 4.74. The second kappa shape index (κ2) is 5.39. The maximum atomic E-state index is 12.8. The molecule has 0 bridgehead atoms. The van der Waals surface area contributed by atoms with Crippen LogP contribution < -0.4 is 0 Å². The zero-order valence-electron chi connectivity index (χ0n) is 8.93. The normalized spacial score (nSPS) is 16.1. The Bertz CT molecular complexity index is 232. The van der Waals surface area contributed by atoms with Crippen molar-refractivity contribution >= 4 is 0 Å². The molecular weight excluding hydrogens is 260 g/mol. The Morgan fingerprint density at radius 3 is 1.71 bits per heavy atom. The third-order valence-corrected chi connectivity index (χ3v) is 2.23. The van der Waals surface area contributed by atoms with Crippen LogP contribution in [-0.4, -0.2) is 24.2 Å². The molecule has 0 saturated heterocycles. The monoisotopic (exact) mass is 272 g/mol. The van der Waals surface area contributed by atoms with E-state index in [2.05, 4.69) is 0 Å². The molecule has 0 N–H and O–H groups in total. The highest BCUT2D eigenvalue weighted by Gasteiger charge is 2.75. The topological polar surface area (TPSA) is 0 Å². The van der Waals surface area contributed by atoms with Crippen molar-refractivity contribution in [1.82, 2.24) is 0 Å². The van der Waals surface area contributed by atoms with Crippen molar-refractivity contribution in [1.29, 1.82) is 0 Å². The summed E-state index contributed by atoms with van der Waals surface area (Å²) in [5.74, 6) is -12.1. The quantitative estimate of drug-likeness (QED) is 0.484. The van der Waals surface area contributed by atoms with Crippen LogP contribution in [0, 0.1) is 0 Å². The highest BCUT2D eigenvalue weighted by Crippen LogP contribution is 2.49. The van der Waals surface area contributed by atoms with E-state index in [4.69, 9.17) is 0 Å². The van der Waals surface area contributed by atoms with Crippen molar-refractivity contribution in [2.24, 2.45) is 0 Å². The summed E-state index contributed by atoms with van der Waals surface area (Å²) in [6.07, 6.45) is -10.4. The molecule has 0 aliphatic rings. The van der Waals surface area contributed by atoms with Crippen molar-refractivity contribution in [3.63, 3.8) is 0 Å². The van der Waals surface area contributed by atoms with Crippen molar-refractivity contribution in [2.45, 2.75) is 56.8 Å². The van der Waals surface area contributed by atoms with Crippen molar-refractivity contribution in [3.05, 3.63) is 0 Å². The first-order valence-corrected chi connectivity index (χ1v) is 4.95. The lowest BCUT2D eigenvalue weighted by molar-refractivity contribution is -0.366. The number of alkyl halides is 8. The van der Waals surface area contributed by atoms with Crippen LogP contribution >= 0.6 is 0 Å². The predicted molar refractivity (Wildman–Crippen MR) is 45.0 cm³/mol. The zero-order valence-corrected chi connectivity index (χ0v) is 8.93. The lowest BCUT2D eigenvalue weighted by Gasteiger charge is -2.30. The van der Waals surface area contributed by atoms with Gasteiger partial charge in [-0.15, -0.1) is 0 Å². The van der Waals surface area contributed by atoms with Gasteiger partial charge in [0.15, 0.2) is 6.17 Å². The van der Waals surface area contributed by atoms with Crippen LogP contribution in [0.25, 0.3) is 0 Å². The average molecular weight is 272 g/mol. The van der Waals surface area contributed by atoms with Gasteiger partial charge in [-0.1, -0.05) is 26.2 Å². The molecule has 0 aliphatic carbocycles. The summed E-state index contributed by atoms with van der Waals surface area (Å²) in [5.41, 5.74) is 0. The van der Waals surface area contributed by atoms with E-state index in [-0.39, 0.29) is 12.8 Å². The molecule has 104 valence electrons. The van der Waals surface area contributed by atoms with E-state index >= 15 is 0 Å². The number of unbranched alkanes of at least 4 members (excludes halogenated alkanes) is 2. The number of rotatable bonds is 6. The first kappa shape index (κ1) is 16.4. The van der Waals surface area contributed by atoms with Crippen LogP contribution in [0.4, 0.5) is 35.1 Å². The summed E-state index contributed by atoms with van der Waals surface area (Å²) in [6, 6.07) is 0. The molecule has 0 heterocycles. The molecule has 0 amide bonds. The summed E-state index contributed by atoms with van der Waals surface area (Å²) in [5, 5.41) is 0. The Balaban J connectivity index is 4.75. The van der Waals surface area contributed by atoms with E-state index in [1.54, 1.807) is 6.92 Å². The molecule has 0 aromatic heterocycles. The fourth-order valence-electron chi connectivity index (χ4n) is 1.14. The molecule has 0 spiro atoms. The molecule has 1 atom stereocenters. The Kier molecular flexibility index (Phi) is 5.21. The lowest BCUT2D eigenvalue weighted by atomic mass is 10.0. The van der Waals surface area contributed by atoms with Gasteiger partial charge in [0.1, 0.15) is 0 Å². The Labute approximate surface area is 93.0 Å². The lowest BCUT2D eigenvalue weighted by Crippen LogP contribution is -2.56. The summed E-state index contributed by atoms with van der Waals surface area (Å²) in [4.78, 5) is 0. The number of hydrogen-bond acceptors (Lipinski definition) is 0. The van der Waals surface area contributed by atoms with Crippen LogP contribution in [0.3, 0.4) is 0 Å². The average Bonchev–Trinajstić information content (AvgIpc) is 2.15. The highest BCUT2D eigenvalue weighted by molar-refractivity contribution is 4.95. The maximum absolute atomic E-state index is 12.8. The molecule has 17 heavy (non-hydrogen) atoms. The van der Waals surface area contributed by atoms with Crippen LogP contribution in [0.2, 0.25) is 0 Å². The second-order valence-corrected chi connectivity index (χ2v) is 3.66. The third-order valence-electron chi connectivity index (χ3n) is 2.23. The van der Waals surface area contributed by atoms with Gasteiger partial charge in [-0.25, -0.2) is 4.39 Å². The fraction of sp³-hybridized carbons (Fsp3) is 1.00.